The molecule has 1 atom stereocenters. The first-order valence-electron chi connectivity index (χ1n) is 8.18. The monoisotopic (exact) mass is 410 g/mol. The van der Waals surface area contributed by atoms with Crippen LogP contribution in [-0.4, -0.2) is 31.5 Å². The molecule has 0 N–H and O–H groups in total. The van der Waals surface area contributed by atoms with Crippen molar-refractivity contribution in [2.24, 2.45) is 5.92 Å². The summed E-state index contributed by atoms with van der Waals surface area (Å²) in [4.78, 5) is 9.77. The Morgan fingerprint density at radius 2 is 1.35 bits per heavy atom. The summed E-state index contributed by atoms with van der Waals surface area (Å²) >= 11 is 2.89. The molecule has 0 aromatic rings. The summed E-state index contributed by atoms with van der Waals surface area (Å²) in [5.74, 6) is -1.11. The number of carboxylic acid groups (broad SMARTS) is 1. The second kappa shape index (κ2) is 17.7. The molecule has 120 valence electrons. The number of hydrogen-bond acceptors (Lipinski definition) is 3. The van der Waals surface area contributed by atoms with Crippen LogP contribution in [0.4, 0.5) is 0 Å². The fraction of sp³-hybridized carbons (Fsp3) is 0.938. The Morgan fingerprint density at radius 1 is 1.00 bits per heavy atom. The van der Waals surface area contributed by atoms with Crippen LogP contribution < -0.4 is 5.11 Å². The molecule has 0 amide bonds. The molecule has 0 bridgehead atoms. The van der Waals surface area contributed by atoms with E-state index in [9.17, 15) is 9.90 Å². The molecule has 0 radical (unpaired) electrons. The van der Waals surface area contributed by atoms with E-state index in [1.165, 1.54) is 38.5 Å². The second-order valence-electron chi connectivity index (χ2n) is 5.46. The average Bonchev–Trinajstić information content (AvgIpc) is 2.46. The molecule has 0 heterocycles. The van der Waals surface area contributed by atoms with Gasteiger partial charge < -0.3 is 9.90 Å². The van der Waals surface area contributed by atoms with Crippen LogP contribution in [0.5, 0.6) is 0 Å². The van der Waals surface area contributed by atoms with Crippen molar-refractivity contribution in [1.29, 1.82) is 0 Å². The minimum atomic E-state index is -1.03. The van der Waals surface area contributed by atoms with Gasteiger partial charge in [0.05, 0.1) is 0 Å². The van der Waals surface area contributed by atoms with Gasteiger partial charge in [0.15, 0.2) is 0 Å². The molecule has 0 aromatic heterocycles. The molecule has 0 saturated carbocycles. The van der Waals surface area contributed by atoms with Gasteiger partial charge >= 0.3 is 92.4 Å². The molecule has 0 aliphatic rings. The topological polar surface area (TPSA) is 40.1 Å². The van der Waals surface area contributed by atoms with Gasteiger partial charge in [0.1, 0.15) is 0 Å². The van der Waals surface area contributed by atoms with Crippen molar-refractivity contribution >= 4 is 38.4 Å². The van der Waals surface area contributed by atoms with Crippen LogP contribution in [0.1, 0.15) is 66.2 Å². The van der Waals surface area contributed by atoms with Gasteiger partial charge in [-0.1, -0.05) is 6.92 Å². The summed E-state index contributed by atoms with van der Waals surface area (Å²) < 4.78 is 5.04. The van der Waals surface area contributed by atoms with Gasteiger partial charge in [0.25, 0.3) is 0 Å². The predicted octanol–water partition coefficient (Wildman–Crippen LogP) is 4.18. The van der Waals surface area contributed by atoms with E-state index in [0.717, 1.165) is 0 Å². The van der Waals surface area contributed by atoms with Crippen molar-refractivity contribution in [1.82, 2.24) is 0 Å². The summed E-state index contributed by atoms with van der Waals surface area (Å²) in [6.45, 7) is 8.56. The Morgan fingerprint density at radius 3 is 1.50 bits per heavy atom. The number of unbranched alkanes of at least 4 members (excludes halogenated alkanes) is 3. The fourth-order valence-corrected chi connectivity index (χ4v) is 11.3. The first kappa shape index (κ1) is 22.9. The Labute approximate surface area is 139 Å². The molecule has 0 rings (SSSR count). The van der Waals surface area contributed by atoms with Crippen LogP contribution in [0.25, 0.3) is 0 Å². The van der Waals surface area contributed by atoms with Crippen LogP contribution in [0.15, 0.2) is 0 Å². The third-order valence-corrected chi connectivity index (χ3v) is 13.0. The average molecular weight is 409 g/mol. The van der Waals surface area contributed by atoms with Crippen molar-refractivity contribution in [2.75, 3.05) is 5.75 Å². The molecular weight excluding hydrogens is 375 g/mol. The van der Waals surface area contributed by atoms with E-state index >= 15 is 0 Å². The minimum absolute atomic E-state index is 0.350. The van der Waals surface area contributed by atoms with Crippen molar-refractivity contribution in [3.05, 3.63) is 0 Å². The second-order valence-corrected chi connectivity index (χ2v) is 14.4. The molecule has 1 unspecified atom stereocenters. The number of carboxylic acids is 1. The first-order valence-corrected chi connectivity index (χ1v) is 14.9. The normalized spacial score (nSPS) is 11.4. The van der Waals surface area contributed by atoms with E-state index in [2.05, 4.69) is 33.4 Å². The van der Waals surface area contributed by atoms with Gasteiger partial charge in [-0.25, -0.2) is 0 Å². The van der Waals surface area contributed by atoms with Crippen LogP contribution in [0.3, 0.4) is 0 Å². The number of carbonyl (C=O) groups is 1. The fourth-order valence-electron chi connectivity index (χ4n) is 1.73. The summed E-state index contributed by atoms with van der Waals surface area (Å²) in [5.41, 5.74) is 0. The quantitative estimate of drug-likeness (QED) is 0.411. The molecule has 0 fully saturated rings. The van der Waals surface area contributed by atoms with Crippen molar-refractivity contribution < 1.29 is 9.90 Å². The van der Waals surface area contributed by atoms with Crippen LogP contribution in [0.2, 0.25) is 13.3 Å². The Balaban J connectivity index is 0. The maximum absolute atomic E-state index is 9.77. The maximum atomic E-state index is 9.77. The van der Waals surface area contributed by atoms with Crippen LogP contribution >= 0.6 is 12.6 Å². The molecule has 0 aliphatic heterocycles. The number of hydrogen-bond donors (Lipinski definition) is 1. The third kappa shape index (κ3) is 16.7. The summed E-state index contributed by atoms with van der Waals surface area (Å²) in [7, 11) is 0. The summed E-state index contributed by atoms with van der Waals surface area (Å²) in [6.07, 6.45) is 8.85. The molecule has 0 aliphatic carbocycles. The number of carbonyl (C=O) groups excluding carboxylic acids is 1. The molecule has 0 aromatic carbocycles. The van der Waals surface area contributed by atoms with Crippen molar-refractivity contribution in [2.45, 2.75) is 79.5 Å². The zero-order valence-electron chi connectivity index (χ0n) is 13.9. The standard InChI is InChI=1S/C4H8O2S.3C4H9.Sn/c1-3(2-7)4(5)6;3*1-3-4-2;/h3,7H,2H2,1H3,(H,5,6);3*1,3-4H2,2H3;/q;;;;+1/p-1. The Kier molecular flexibility index (Phi) is 20.2. The Hall–Kier alpha value is 0.619. The Bertz CT molecular complexity index is 194. The molecule has 20 heavy (non-hydrogen) atoms. The van der Waals surface area contributed by atoms with Gasteiger partial charge in [-0.3, -0.25) is 0 Å². The third-order valence-electron chi connectivity index (χ3n) is 3.33. The van der Waals surface area contributed by atoms with Crippen LogP contribution in [0, 0.1) is 5.92 Å². The molecule has 0 saturated heterocycles. The molecule has 4 heteroatoms. The van der Waals surface area contributed by atoms with Gasteiger partial charge in [0.2, 0.25) is 0 Å². The SMILES string of the molecule is CC(CS)C(=O)[O-].CCC[CH2][Sn+]([CH2]CCC)[CH2]CCC. The van der Waals surface area contributed by atoms with E-state index in [1.807, 2.05) is 0 Å². The number of thiol groups is 1. The van der Waals surface area contributed by atoms with E-state index in [4.69, 9.17) is 0 Å². The predicted molar refractivity (Wildman–Crippen MR) is 92.9 cm³/mol. The zero-order chi connectivity index (χ0) is 15.8. The first-order chi connectivity index (χ1) is 9.53. The van der Waals surface area contributed by atoms with Gasteiger partial charge in [-0.15, -0.1) is 0 Å². The van der Waals surface area contributed by atoms with Gasteiger partial charge in [0, 0.05) is 11.9 Å². The number of rotatable bonds is 11. The van der Waals surface area contributed by atoms with E-state index < -0.39 is 31.6 Å². The van der Waals surface area contributed by atoms with Gasteiger partial charge in [-0.2, -0.15) is 12.6 Å². The summed E-state index contributed by atoms with van der Waals surface area (Å²) in [6, 6.07) is 0. The van der Waals surface area contributed by atoms with E-state index in [1.54, 1.807) is 20.2 Å². The van der Waals surface area contributed by atoms with Crippen LogP contribution in [-0.2, 0) is 4.79 Å². The van der Waals surface area contributed by atoms with Gasteiger partial charge in [-0.05, 0) is 5.75 Å². The van der Waals surface area contributed by atoms with E-state index in [0.29, 0.717) is 5.75 Å². The van der Waals surface area contributed by atoms with Crippen molar-refractivity contribution in [3.63, 3.8) is 0 Å². The van der Waals surface area contributed by atoms with E-state index in [-0.39, 0.29) is 0 Å². The summed E-state index contributed by atoms with van der Waals surface area (Å²) in [5, 5.41) is 9.77. The zero-order valence-corrected chi connectivity index (χ0v) is 17.7. The molecular formula is C16H34O2SSn. The number of aliphatic carboxylic acids is 1. The molecule has 2 nitrogen and oxygen atoms in total. The molecule has 0 spiro atoms. The van der Waals surface area contributed by atoms with Crippen molar-refractivity contribution in [3.8, 4) is 0 Å².